The first-order valence-corrected chi connectivity index (χ1v) is 13.6. The van der Waals surface area contributed by atoms with Gasteiger partial charge in [0, 0.05) is 6.08 Å². The van der Waals surface area contributed by atoms with Crippen LogP contribution in [0.3, 0.4) is 0 Å². The van der Waals surface area contributed by atoms with Crippen molar-refractivity contribution in [2.75, 3.05) is 13.2 Å². The molecule has 0 atom stereocenters. The van der Waals surface area contributed by atoms with Gasteiger partial charge >= 0.3 is 17.9 Å². The van der Waals surface area contributed by atoms with Crippen LogP contribution in [0.4, 0.5) is 0 Å². The molecule has 0 radical (unpaired) electrons. The fourth-order valence-corrected chi connectivity index (χ4v) is 4.39. The van der Waals surface area contributed by atoms with Crippen LogP contribution >= 0.6 is 0 Å². The Labute approximate surface area is 238 Å². The first kappa shape index (κ1) is 31.1. The van der Waals surface area contributed by atoms with Crippen molar-refractivity contribution in [3.8, 4) is 23.0 Å². The SMILES string of the molecule is C=CC(=O)OCCCCCCOc1ccc(OC(=O)[C@H]2CC[C@H](C(=O)Oc3ccc(OC=O)c(C=O)c3)CC2)cc1. The number of aldehydes is 1. The van der Waals surface area contributed by atoms with Crippen LogP contribution in [0, 0.1) is 11.8 Å². The lowest BCUT2D eigenvalue weighted by molar-refractivity contribution is -0.145. The summed E-state index contributed by atoms with van der Waals surface area (Å²) in [5.74, 6) is -0.545. The molecule has 1 fully saturated rings. The molecule has 2 aromatic rings. The van der Waals surface area contributed by atoms with Crippen molar-refractivity contribution >= 4 is 30.7 Å². The number of hydrogen-bond donors (Lipinski definition) is 0. The van der Waals surface area contributed by atoms with E-state index in [2.05, 4.69) is 6.58 Å². The highest BCUT2D eigenvalue weighted by atomic mass is 16.5. The van der Waals surface area contributed by atoms with Crippen molar-refractivity contribution in [2.45, 2.75) is 51.4 Å². The molecular weight excluding hydrogens is 532 g/mol. The summed E-state index contributed by atoms with van der Waals surface area (Å²) in [5, 5.41) is 0. The second-order valence-corrected chi connectivity index (χ2v) is 9.53. The van der Waals surface area contributed by atoms with Crippen LogP contribution in [0.5, 0.6) is 23.0 Å². The molecule has 0 N–H and O–H groups in total. The topological polar surface area (TPSA) is 132 Å². The Kier molecular flexibility index (Phi) is 12.6. The summed E-state index contributed by atoms with van der Waals surface area (Å²) in [7, 11) is 0. The van der Waals surface area contributed by atoms with Gasteiger partial charge in [-0.25, -0.2) is 4.79 Å². The zero-order valence-corrected chi connectivity index (χ0v) is 22.8. The van der Waals surface area contributed by atoms with Gasteiger partial charge in [-0.2, -0.15) is 0 Å². The summed E-state index contributed by atoms with van der Waals surface area (Å²) < 4.78 is 26.3. The predicted octanol–water partition coefficient (Wildman–Crippen LogP) is 5.02. The van der Waals surface area contributed by atoms with Gasteiger partial charge in [0.05, 0.1) is 30.6 Å². The van der Waals surface area contributed by atoms with Gasteiger partial charge in [-0.05, 0) is 93.8 Å². The van der Waals surface area contributed by atoms with Gasteiger partial charge in [0.15, 0.2) is 6.29 Å². The number of rotatable bonds is 16. The van der Waals surface area contributed by atoms with Crippen LogP contribution in [0.25, 0.3) is 0 Å². The van der Waals surface area contributed by atoms with E-state index in [-0.39, 0.29) is 41.3 Å². The molecule has 0 bridgehead atoms. The van der Waals surface area contributed by atoms with Crippen LogP contribution in [0.2, 0.25) is 0 Å². The first-order valence-electron chi connectivity index (χ1n) is 13.6. The second kappa shape index (κ2) is 16.6. The average Bonchev–Trinajstić information content (AvgIpc) is 3.00. The lowest BCUT2D eigenvalue weighted by atomic mass is 9.82. The summed E-state index contributed by atoms with van der Waals surface area (Å²) in [6.45, 7) is 4.50. The van der Waals surface area contributed by atoms with Crippen molar-refractivity contribution in [3.05, 3.63) is 60.7 Å². The minimum Gasteiger partial charge on any atom is -0.494 e. The predicted molar refractivity (Wildman–Crippen MR) is 147 cm³/mol. The van der Waals surface area contributed by atoms with Crippen molar-refractivity contribution in [1.29, 1.82) is 0 Å². The van der Waals surface area contributed by atoms with Crippen LogP contribution in [0.15, 0.2) is 55.1 Å². The molecule has 1 saturated carbocycles. The number of unbranched alkanes of at least 4 members (excludes halogenated alkanes) is 3. The fourth-order valence-electron chi connectivity index (χ4n) is 4.39. The fraction of sp³-hybridized carbons (Fsp3) is 0.387. The van der Waals surface area contributed by atoms with E-state index in [1.165, 1.54) is 18.2 Å². The summed E-state index contributed by atoms with van der Waals surface area (Å²) in [4.78, 5) is 58.0. The van der Waals surface area contributed by atoms with Crippen LogP contribution < -0.4 is 18.9 Å². The van der Waals surface area contributed by atoms with E-state index < -0.39 is 11.9 Å². The van der Waals surface area contributed by atoms with E-state index in [4.69, 9.17) is 23.7 Å². The number of esters is 3. The zero-order chi connectivity index (χ0) is 29.5. The van der Waals surface area contributed by atoms with Crippen molar-refractivity contribution < 1.29 is 47.7 Å². The maximum Gasteiger partial charge on any atom is 0.330 e. The molecule has 3 rings (SSSR count). The van der Waals surface area contributed by atoms with Gasteiger partial charge in [-0.1, -0.05) is 6.58 Å². The smallest absolute Gasteiger partial charge is 0.330 e. The number of benzene rings is 2. The monoisotopic (exact) mass is 566 g/mol. The molecule has 0 amide bonds. The minimum absolute atomic E-state index is 0.0740. The normalized spacial score (nSPS) is 16.1. The van der Waals surface area contributed by atoms with E-state index >= 15 is 0 Å². The zero-order valence-electron chi connectivity index (χ0n) is 22.8. The Bertz CT molecular complexity index is 1200. The van der Waals surface area contributed by atoms with Crippen molar-refractivity contribution in [2.24, 2.45) is 11.8 Å². The van der Waals surface area contributed by atoms with Crippen LogP contribution in [0.1, 0.15) is 61.7 Å². The van der Waals surface area contributed by atoms with E-state index in [1.54, 1.807) is 24.3 Å². The molecule has 0 saturated heterocycles. The molecular formula is C31H34O10. The summed E-state index contributed by atoms with van der Waals surface area (Å²) in [6.07, 6.45) is 7.12. The third-order valence-electron chi connectivity index (χ3n) is 6.66. The Morgan fingerprint density at radius 3 is 1.90 bits per heavy atom. The van der Waals surface area contributed by atoms with Gasteiger partial charge < -0.3 is 23.7 Å². The number of hydrogen-bond acceptors (Lipinski definition) is 10. The molecule has 0 spiro atoms. The van der Waals surface area contributed by atoms with Gasteiger partial charge in [-0.15, -0.1) is 0 Å². The van der Waals surface area contributed by atoms with E-state index in [9.17, 15) is 24.0 Å². The van der Waals surface area contributed by atoms with E-state index in [0.29, 0.717) is 56.7 Å². The standard InChI is InChI=1S/C31H34O10/c1-2-29(34)38-18-6-4-3-5-17-37-25-11-13-26(14-12-25)40-30(35)22-7-9-23(10-8-22)31(36)41-27-15-16-28(39-21-33)24(19-27)20-32/h2,11-16,19-23H,1,3-10,17-18H2/t22-,23-. The molecule has 1 aliphatic rings. The molecule has 10 nitrogen and oxygen atoms in total. The highest BCUT2D eigenvalue weighted by Crippen LogP contribution is 2.32. The summed E-state index contributed by atoms with van der Waals surface area (Å²) >= 11 is 0. The molecule has 0 unspecified atom stereocenters. The number of ether oxygens (including phenoxy) is 5. The van der Waals surface area contributed by atoms with Gasteiger partial charge in [0.2, 0.25) is 0 Å². The first-order chi connectivity index (χ1) is 19.9. The molecule has 2 aromatic carbocycles. The van der Waals surface area contributed by atoms with E-state index in [0.717, 1.165) is 31.8 Å². The lowest BCUT2D eigenvalue weighted by Gasteiger charge is -2.25. The molecule has 1 aliphatic carbocycles. The molecule has 41 heavy (non-hydrogen) atoms. The average molecular weight is 567 g/mol. The summed E-state index contributed by atoms with van der Waals surface area (Å²) in [6, 6.07) is 11.0. The molecule has 0 heterocycles. The minimum atomic E-state index is -0.442. The Morgan fingerprint density at radius 2 is 1.32 bits per heavy atom. The van der Waals surface area contributed by atoms with Crippen molar-refractivity contribution in [1.82, 2.24) is 0 Å². The summed E-state index contributed by atoms with van der Waals surface area (Å²) in [5.41, 5.74) is 0.0888. The van der Waals surface area contributed by atoms with Gasteiger partial charge in [0.25, 0.3) is 6.47 Å². The number of carbonyl (C=O) groups is 5. The highest BCUT2D eigenvalue weighted by Gasteiger charge is 2.32. The maximum atomic E-state index is 12.7. The third-order valence-corrected chi connectivity index (χ3v) is 6.66. The Morgan fingerprint density at radius 1 is 0.756 bits per heavy atom. The Balaban J connectivity index is 1.34. The quantitative estimate of drug-likeness (QED) is 0.0897. The maximum absolute atomic E-state index is 12.7. The highest BCUT2D eigenvalue weighted by molar-refractivity contribution is 5.82. The van der Waals surface area contributed by atoms with Crippen LogP contribution in [-0.4, -0.2) is 43.9 Å². The second-order valence-electron chi connectivity index (χ2n) is 9.53. The molecule has 0 aliphatic heterocycles. The van der Waals surface area contributed by atoms with Gasteiger partial charge in [-0.3, -0.25) is 19.2 Å². The Hall–Kier alpha value is -4.47. The van der Waals surface area contributed by atoms with Crippen LogP contribution in [-0.2, 0) is 23.9 Å². The molecule has 0 aromatic heterocycles. The molecule has 10 heteroatoms. The lowest BCUT2D eigenvalue weighted by Crippen LogP contribution is -2.30. The van der Waals surface area contributed by atoms with E-state index in [1.807, 2.05) is 0 Å². The van der Waals surface area contributed by atoms with Crippen molar-refractivity contribution in [3.63, 3.8) is 0 Å². The third kappa shape index (κ3) is 10.2. The largest absolute Gasteiger partial charge is 0.494 e. The number of carbonyl (C=O) groups excluding carboxylic acids is 5. The molecule has 218 valence electrons. The van der Waals surface area contributed by atoms with Gasteiger partial charge in [0.1, 0.15) is 23.0 Å².